The number of nitrogens with zero attached hydrogens (tertiary/aromatic N) is 2. The first-order valence-electron chi connectivity index (χ1n) is 8.06. The summed E-state index contributed by atoms with van der Waals surface area (Å²) in [5.41, 5.74) is 1.72. The number of carbonyl (C=O) groups excluding carboxylic acids is 3. The minimum Gasteiger partial charge on any atom is -0.312 e. The maximum Gasteiger partial charge on any atom is 0.228 e. The zero-order valence-corrected chi connectivity index (χ0v) is 13.5. The molecule has 0 saturated carbocycles. The van der Waals surface area contributed by atoms with Gasteiger partial charge in [-0.25, -0.2) is 0 Å². The third-order valence-electron chi connectivity index (χ3n) is 5.30. The molecule has 2 amide bonds. The molecule has 5 heteroatoms. The summed E-state index contributed by atoms with van der Waals surface area (Å²) >= 11 is 0. The highest BCUT2D eigenvalue weighted by atomic mass is 16.2. The van der Waals surface area contributed by atoms with Gasteiger partial charge in [-0.15, -0.1) is 6.58 Å². The van der Waals surface area contributed by atoms with Crippen LogP contribution in [0.3, 0.4) is 0 Å². The summed E-state index contributed by atoms with van der Waals surface area (Å²) in [4.78, 5) is 41.1. The zero-order chi connectivity index (χ0) is 17.1. The average molecular weight is 322 g/mol. The number of ketones is 1. The number of anilines is 1. The van der Waals surface area contributed by atoms with Gasteiger partial charge in [0, 0.05) is 37.7 Å². The molecule has 0 unspecified atom stereocenters. The first-order chi connectivity index (χ1) is 11.5. The highest BCUT2D eigenvalue weighted by molar-refractivity contribution is 6.08. The van der Waals surface area contributed by atoms with E-state index in [4.69, 9.17) is 0 Å². The first-order valence-corrected chi connectivity index (χ1v) is 8.06. The Morgan fingerprint density at radius 2 is 2.12 bits per heavy atom. The number of hydrogen-bond donors (Lipinski definition) is 0. The standard InChI is InChI=1S/C19H18N2O3/c1-3-10-20-16-9-8-15(23)18-19(16,11-17(20)24)13-6-4-5-7-14(13)21(18)12(2)22/h3-7,9,18H,1,8,10-11H2,2H3/t18-,19+/m0/s1. The monoisotopic (exact) mass is 322 g/mol. The van der Waals surface area contributed by atoms with E-state index in [1.807, 2.05) is 30.3 Å². The molecule has 3 aliphatic rings. The molecule has 0 aromatic heterocycles. The Morgan fingerprint density at radius 3 is 2.83 bits per heavy atom. The number of benzene rings is 1. The van der Waals surface area contributed by atoms with Crippen molar-refractivity contribution in [3.63, 3.8) is 0 Å². The number of carbonyl (C=O) groups is 3. The lowest BCUT2D eigenvalue weighted by Crippen LogP contribution is -2.53. The predicted molar refractivity (Wildman–Crippen MR) is 89.3 cm³/mol. The lowest BCUT2D eigenvalue weighted by Gasteiger charge is -2.38. The van der Waals surface area contributed by atoms with Crippen LogP contribution in [0.4, 0.5) is 5.69 Å². The van der Waals surface area contributed by atoms with Crippen molar-refractivity contribution in [1.29, 1.82) is 0 Å². The fourth-order valence-corrected chi connectivity index (χ4v) is 4.54. The second-order valence-corrected chi connectivity index (χ2v) is 6.51. The number of Topliss-reactive ketones (excluding diaryl/α,β-unsaturated/α-hetero) is 1. The molecule has 0 radical (unpaired) electrons. The largest absolute Gasteiger partial charge is 0.312 e. The summed E-state index contributed by atoms with van der Waals surface area (Å²) in [6.45, 7) is 5.61. The molecule has 0 bridgehead atoms. The van der Waals surface area contributed by atoms with Crippen molar-refractivity contribution >= 4 is 23.3 Å². The summed E-state index contributed by atoms with van der Waals surface area (Å²) in [6.07, 6.45) is 3.99. The van der Waals surface area contributed by atoms with Crippen LogP contribution >= 0.6 is 0 Å². The summed E-state index contributed by atoms with van der Waals surface area (Å²) in [6, 6.07) is 6.91. The molecule has 1 aromatic rings. The number of amides is 2. The molecule has 1 aliphatic carbocycles. The van der Waals surface area contributed by atoms with Gasteiger partial charge in [-0.1, -0.05) is 30.4 Å². The first kappa shape index (κ1) is 14.9. The highest BCUT2D eigenvalue weighted by Crippen LogP contribution is 2.57. The predicted octanol–water partition coefficient (Wildman–Crippen LogP) is 1.93. The van der Waals surface area contributed by atoms with Gasteiger partial charge in [0.15, 0.2) is 5.78 Å². The maximum absolute atomic E-state index is 12.8. The number of hydrogen-bond acceptors (Lipinski definition) is 3. The van der Waals surface area contributed by atoms with E-state index < -0.39 is 11.5 Å². The van der Waals surface area contributed by atoms with Crippen molar-refractivity contribution in [2.75, 3.05) is 11.4 Å². The van der Waals surface area contributed by atoms with E-state index in [2.05, 4.69) is 6.58 Å². The second kappa shape index (κ2) is 4.90. The Balaban J connectivity index is 2.00. The number of para-hydroxylation sites is 1. The van der Waals surface area contributed by atoms with Gasteiger partial charge in [-0.05, 0) is 11.6 Å². The van der Waals surface area contributed by atoms with Crippen LogP contribution in [0.15, 0.2) is 48.7 Å². The van der Waals surface area contributed by atoms with Gasteiger partial charge in [0.05, 0.1) is 5.41 Å². The molecule has 0 N–H and O–H groups in total. The SMILES string of the molecule is C=CCN1C(=O)C[C@@]23C1=CCC(=O)[C@@H]2N(C(C)=O)c1ccccc13. The van der Waals surface area contributed by atoms with E-state index in [0.717, 1.165) is 16.9 Å². The molecule has 122 valence electrons. The van der Waals surface area contributed by atoms with Crippen LogP contribution in [0.1, 0.15) is 25.3 Å². The molecule has 1 saturated heterocycles. The van der Waals surface area contributed by atoms with Crippen molar-refractivity contribution in [3.8, 4) is 0 Å². The van der Waals surface area contributed by atoms with E-state index in [1.165, 1.54) is 6.92 Å². The summed E-state index contributed by atoms with van der Waals surface area (Å²) in [7, 11) is 0. The average Bonchev–Trinajstić information content (AvgIpc) is 3.01. The van der Waals surface area contributed by atoms with Crippen LogP contribution in [0.2, 0.25) is 0 Å². The minimum atomic E-state index is -0.752. The lowest BCUT2D eigenvalue weighted by molar-refractivity contribution is -0.126. The number of fused-ring (bicyclic) bond motifs is 1. The fourth-order valence-electron chi connectivity index (χ4n) is 4.54. The number of rotatable bonds is 2. The highest BCUT2D eigenvalue weighted by Gasteiger charge is 2.64. The quantitative estimate of drug-likeness (QED) is 0.782. The summed E-state index contributed by atoms with van der Waals surface area (Å²) < 4.78 is 0. The van der Waals surface area contributed by atoms with Gasteiger partial charge in [0.2, 0.25) is 11.8 Å². The molecule has 1 spiro atoms. The molecule has 1 fully saturated rings. The second-order valence-electron chi connectivity index (χ2n) is 6.51. The van der Waals surface area contributed by atoms with Gasteiger partial charge in [-0.2, -0.15) is 0 Å². The van der Waals surface area contributed by atoms with Crippen LogP contribution < -0.4 is 4.90 Å². The summed E-state index contributed by atoms with van der Waals surface area (Å²) in [5, 5.41) is 0. The molecule has 5 nitrogen and oxygen atoms in total. The normalized spacial score (nSPS) is 27.5. The van der Waals surface area contributed by atoms with Gasteiger partial charge in [0.25, 0.3) is 0 Å². The Bertz CT molecular complexity index is 826. The van der Waals surface area contributed by atoms with Crippen molar-refractivity contribution in [2.45, 2.75) is 31.2 Å². The van der Waals surface area contributed by atoms with Crippen LogP contribution in [-0.2, 0) is 19.8 Å². The smallest absolute Gasteiger partial charge is 0.228 e. The van der Waals surface area contributed by atoms with Gasteiger partial charge < -0.3 is 9.80 Å². The van der Waals surface area contributed by atoms with Crippen LogP contribution in [0, 0.1) is 0 Å². The van der Waals surface area contributed by atoms with E-state index in [-0.39, 0.29) is 30.4 Å². The topological polar surface area (TPSA) is 57.7 Å². The molecular weight excluding hydrogens is 304 g/mol. The van der Waals surface area contributed by atoms with Crippen molar-refractivity contribution in [1.82, 2.24) is 4.90 Å². The van der Waals surface area contributed by atoms with Crippen LogP contribution in [0.5, 0.6) is 0 Å². The Labute approximate surface area is 140 Å². The molecule has 2 atom stereocenters. The fraction of sp³-hybridized carbons (Fsp3) is 0.316. The molecular formula is C19H18N2O3. The van der Waals surface area contributed by atoms with Gasteiger partial charge >= 0.3 is 0 Å². The summed E-state index contributed by atoms with van der Waals surface area (Å²) in [5.74, 6) is -0.215. The Kier molecular flexibility index (Phi) is 3.04. The molecule has 1 aromatic carbocycles. The van der Waals surface area contributed by atoms with Gasteiger partial charge in [0.1, 0.15) is 6.04 Å². The van der Waals surface area contributed by atoms with Crippen LogP contribution in [0.25, 0.3) is 0 Å². The lowest BCUT2D eigenvalue weighted by atomic mass is 9.68. The third-order valence-corrected chi connectivity index (χ3v) is 5.30. The maximum atomic E-state index is 12.8. The van der Waals surface area contributed by atoms with Crippen LogP contribution in [-0.4, -0.2) is 35.1 Å². The van der Waals surface area contributed by atoms with Gasteiger partial charge in [-0.3, -0.25) is 14.4 Å². The minimum absolute atomic E-state index is 0.0154. The van der Waals surface area contributed by atoms with E-state index in [9.17, 15) is 14.4 Å². The molecule has 24 heavy (non-hydrogen) atoms. The van der Waals surface area contributed by atoms with E-state index in [1.54, 1.807) is 15.9 Å². The van der Waals surface area contributed by atoms with Crippen molar-refractivity contribution < 1.29 is 14.4 Å². The molecule has 2 aliphatic heterocycles. The van der Waals surface area contributed by atoms with E-state index >= 15 is 0 Å². The number of allylic oxidation sites excluding steroid dienone is 1. The zero-order valence-electron chi connectivity index (χ0n) is 13.5. The van der Waals surface area contributed by atoms with Crippen molar-refractivity contribution in [3.05, 3.63) is 54.3 Å². The number of likely N-dealkylation sites (tertiary alicyclic amines) is 1. The Hall–Kier alpha value is -2.69. The Morgan fingerprint density at radius 1 is 1.38 bits per heavy atom. The molecule has 4 rings (SSSR count). The van der Waals surface area contributed by atoms with Crippen molar-refractivity contribution in [2.24, 2.45) is 0 Å². The molecule has 2 heterocycles. The third kappa shape index (κ3) is 1.62. The van der Waals surface area contributed by atoms with E-state index in [0.29, 0.717) is 6.54 Å².